The first kappa shape index (κ1) is 18.7. The summed E-state index contributed by atoms with van der Waals surface area (Å²) in [4.78, 5) is 4.77. The Morgan fingerprint density at radius 3 is 2.64 bits per heavy atom. The average Bonchev–Trinajstić information content (AvgIpc) is 3.37. The van der Waals surface area contributed by atoms with E-state index in [1.54, 1.807) is 24.3 Å². The number of sulfonamides is 1. The molecule has 4 rings (SSSR count). The van der Waals surface area contributed by atoms with Gasteiger partial charge in [-0.3, -0.25) is 0 Å². The summed E-state index contributed by atoms with van der Waals surface area (Å²) in [5.74, 6) is 1.69. The van der Waals surface area contributed by atoms with Crippen LogP contribution >= 0.6 is 0 Å². The van der Waals surface area contributed by atoms with E-state index < -0.39 is 10.0 Å². The van der Waals surface area contributed by atoms with Gasteiger partial charge in [-0.2, -0.15) is 9.29 Å². The Morgan fingerprint density at radius 1 is 1.18 bits per heavy atom. The van der Waals surface area contributed by atoms with Crippen molar-refractivity contribution in [2.75, 3.05) is 20.2 Å². The zero-order valence-electron chi connectivity index (χ0n) is 15.8. The molecule has 148 valence electrons. The van der Waals surface area contributed by atoms with E-state index in [0.29, 0.717) is 43.4 Å². The Balaban J connectivity index is 1.46. The number of ether oxygens (including phenoxy) is 1. The molecule has 8 nitrogen and oxygen atoms in total. The third kappa shape index (κ3) is 3.43. The van der Waals surface area contributed by atoms with Crippen LogP contribution in [-0.2, 0) is 17.1 Å². The summed E-state index contributed by atoms with van der Waals surface area (Å²) in [5, 5.41) is 4.08. The van der Waals surface area contributed by atoms with Gasteiger partial charge >= 0.3 is 0 Å². The fourth-order valence-corrected chi connectivity index (χ4v) is 4.96. The van der Waals surface area contributed by atoms with Crippen molar-refractivity contribution in [2.24, 2.45) is 7.05 Å². The smallest absolute Gasteiger partial charge is 0.243 e. The molecule has 0 atom stereocenters. The van der Waals surface area contributed by atoms with Crippen LogP contribution in [0.3, 0.4) is 0 Å². The third-order valence-corrected chi connectivity index (χ3v) is 6.99. The first-order valence-electron chi connectivity index (χ1n) is 9.08. The van der Waals surface area contributed by atoms with Crippen molar-refractivity contribution in [3.05, 3.63) is 48.5 Å². The van der Waals surface area contributed by atoms with Crippen LogP contribution in [0, 0.1) is 0 Å². The molecule has 28 heavy (non-hydrogen) atoms. The summed E-state index contributed by atoms with van der Waals surface area (Å²) in [5.41, 5.74) is 0.882. The first-order valence-corrected chi connectivity index (χ1v) is 10.5. The largest absolute Gasteiger partial charge is 0.497 e. The van der Waals surface area contributed by atoms with E-state index >= 15 is 0 Å². The van der Waals surface area contributed by atoms with Gasteiger partial charge in [0.2, 0.25) is 21.7 Å². The minimum Gasteiger partial charge on any atom is -0.497 e. The highest BCUT2D eigenvalue weighted by atomic mass is 32.2. The van der Waals surface area contributed by atoms with Crippen LogP contribution in [0.4, 0.5) is 0 Å². The van der Waals surface area contributed by atoms with Gasteiger partial charge in [0.1, 0.15) is 5.75 Å². The maximum absolute atomic E-state index is 12.9. The predicted octanol–water partition coefficient (Wildman–Crippen LogP) is 2.65. The number of benzene rings is 1. The fraction of sp³-hybridized carbons (Fsp3) is 0.368. The Morgan fingerprint density at radius 2 is 1.96 bits per heavy atom. The molecule has 2 aromatic heterocycles. The molecule has 0 saturated carbocycles. The monoisotopic (exact) mass is 402 g/mol. The zero-order valence-corrected chi connectivity index (χ0v) is 16.6. The molecule has 0 unspecified atom stereocenters. The molecule has 0 N–H and O–H groups in total. The summed E-state index contributed by atoms with van der Waals surface area (Å²) in [6.07, 6.45) is 3.20. The van der Waals surface area contributed by atoms with Gasteiger partial charge in [0, 0.05) is 38.3 Å². The lowest BCUT2D eigenvalue weighted by Crippen LogP contribution is -2.37. The number of piperidine rings is 1. The lowest BCUT2D eigenvalue weighted by atomic mass is 9.98. The molecule has 9 heteroatoms. The van der Waals surface area contributed by atoms with Crippen LogP contribution in [-0.4, -0.2) is 47.6 Å². The van der Waals surface area contributed by atoms with E-state index in [0.717, 1.165) is 5.69 Å². The van der Waals surface area contributed by atoms with E-state index in [1.807, 2.05) is 29.9 Å². The van der Waals surface area contributed by atoms with Crippen LogP contribution in [0.1, 0.15) is 24.7 Å². The third-order valence-electron chi connectivity index (χ3n) is 5.10. The van der Waals surface area contributed by atoms with Crippen molar-refractivity contribution < 1.29 is 17.7 Å². The summed E-state index contributed by atoms with van der Waals surface area (Å²) in [6, 6.07) is 10.4. The van der Waals surface area contributed by atoms with Gasteiger partial charge in [-0.15, -0.1) is 0 Å². The van der Waals surface area contributed by atoms with Crippen molar-refractivity contribution in [1.29, 1.82) is 0 Å². The lowest BCUT2D eigenvalue weighted by Gasteiger charge is -2.29. The standard InChI is InChI=1S/C19H22N4O4S/c1-22-10-4-7-17(22)18-20-19(27-21-18)14-8-11-23(12-9-14)28(24,25)16-6-3-5-15(13-16)26-2/h3-7,10,13-14H,8-9,11-12H2,1-2H3. The highest BCUT2D eigenvalue weighted by Crippen LogP contribution is 2.31. The van der Waals surface area contributed by atoms with E-state index in [9.17, 15) is 8.42 Å². The average molecular weight is 402 g/mol. The summed E-state index contributed by atoms with van der Waals surface area (Å²) in [6.45, 7) is 0.818. The maximum Gasteiger partial charge on any atom is 0.243 e. The Hall–Kier alpha value is -2.65. The van der Waals surface area contributed by atoms with Crippen LogP contribution < -0.4 is 4.74 Å². The van der Waals surface area contributed by atoms with Gasteiger partial charge in [-0.25, -0.2) is 8.42 Å². The van der Waals surface area contributed by atoms with Crippen LogP contribution in [0.2, 0.25) is 0 Å². The van der Waals surface area contributed by atoms with Crippen LogP contribution in [0.5, 0.6) is 5.75 Å². The topological polar surface area (TPSA) is 90.5 Å². The highest BCUT2D eigenvalue weighted by Gasteiger charge is 2.32. The predicted molar refractivity (Wildman–Crippen MR) is 102 cm³/mol. The molecule has 0 amide bonds. The van der Waals surface area contributed by atoms with Gasteiger partial charge in [-0.1, -0.05) is 11.2 Å². The number of nitrogens with zero attached hydrogens (tertiary/aromatic N) is 4. The molecule has 1 aromatic carbocycles. The molecule has 0 bridgehead atoms. The SMILES string of the molecule is COc1cccc(S(=O)(=O)N2CCC(c3nc(-c4cccn4C)no3)CC2)c1. The van der Waals surface area contributed by atoms with E-state index in [-0.39, 0.29) is 10.8 Å². The summed E-state index contributed by atoms with van der Waals surface area (Å²) < 4.78 is 39.9. The van der Waals surface area contributed by atoms with Crippen LogP contribution in [0.25, 0.3) is 11.5 Å². The number of hydrogen-bond donors (Lipinski definition) is 0. The summed E-state index contributed by atoms with van der Waals surface area (Å²) in [7, 11) is -0.110. The molecule has 0 aliphatic carbocycles. The summed E-state index contributed by atoms with van der Waals surface area (Å²) >= 11 is 0. The van der Waals surface area contributed by atoms with Crippen molar-refractivity contribution in [2.45, 2.75) is 23.7 Å². The quantitative estimate of drug-likeness (QED) is 0.652. The molecular formula is C19H22N4O4S. The van der Waals surface area contributed by atoms with E-state index in [1.165, 1.54) is 11.4 Å². The number of aromatic nitrogens is 3. The van der Waals surface area contributed by atoms with Crippen molar-refractivity contribution in [1.82, 2.24) is 19.0 Å². The second-order valence-electron chi connectivity index (χ2n) is 6.82. The van der Waals surface area contributed by atoms with Crippen molar-refractivity contribution in [3.8, 4) is 17.3 Å². The molecular weight excluding hydrogens is 380 g/mol. The van der Waals surface area contributed by atoms with E-state index in [2.05, 4.69) is 10.1 Å². The van der Waals surface area contributed by atoms with Crippen LogP contribution in [0.15, 0.2) is 52.0 Å². The molecule has 1 aliphatic rings. The number of rotatable bonds is 5. The molecule has 0 spiro atoms. The van der Waals surface area contributed by atoms with E-state index in [4.69, 9.17) is 9.26 Å². The number of methoxy groups -OCH3 is 1. The zero-order chi connectivity index (χ0) is 19.7. The molecule has 0 radical (unpaired) electrons. The first-order chi connectivity index (χ1) is 13.5. The molecule has 3 heterocycles. The minimum atomic E-state index is -3.55. The Bertz CT molecular complexity index is 1070. The van der Waals surface area contributed by atoms with Gasteiger partial charge in [-0.05, 0) is 37.1 Å². The van der Waals surface area contributed by atoms with Gasteiger partial charge in [0.25, 0.3) is 0 Å². The molecule has 1 saturated heterocycles. The Kier molecular flexibility index (Phi) is 4.94. The Labute approximate surface area is 163 Å². The molecule has 3 aromatic rings. The second-order valence-corrected chi connectivity index (χ2v) is 8.76. The highest BCUT2D eigenvalue weighted by molar-refractivity contribution is 7.89. The fourth-order valence-electron chi connectivity index (χ4n) is 3.45. The lowest BCUT2D eigenvalue weighted by molar-refractivity contribution is 0.270. The maximum atomic E-state index is 12.9. The van der Waals surface area contributed by atoms with Gasteiger partial charge in [0.05, 0.1) is 17.7 Å². The normalized spacial score (nSPS) is 16.4. The minimum absolute atomic E-state index is 0.0540. The molecule has 1 fully saturated rings. The number of aryl methyl sites for hydroxylation is 1. The second kappa shape index (κ2) is 7.40. The van der Waals surface area contributed by atoms with Crippen molar-refractivity contribution >= 4 is 10.0 Å². The van der Waals surface area contributed by atoms with Gasteiger partial charge in [0.15, 0.2) is 0 Å². The van der Waals surface area contributed by atoms with Crippen molar-refractivity contribution in [3.63, 3.8) is 0 Å². The number of hydrogen-bond acceptors (Lipinski definition) is 6. The van der Waals surface area contributed by atoms with Gasteiger partial charge < -0.3 is 13.8 Å². The molecule has 1 aliphatic heterocycles.